The van der Waals surface area contributed by atoms with Gasteiger partial charge in [0.05, 0.1) is 0 Å². The molecule has 1 rings (SSSR count). The maximum Gasteiger partial charge on any atom is 0.117 e. The van der Waals surface area contributed by atoms with Crippen LogP contribution < -0.4 is 11.1 Å². The van der Waals surface area contributed by atoms with Crippen molar-refractivity contribution in [2.75, 3.05) is 19.6 Å². The monoisotopic (exact) mass is 204 g/mol. The molecule has 3 N–H and O–H groups in total. The van der Waals surface area contributed by atoms with Gasteiger partial charge in [0.25, 0.3) is 0 Å². The van der Waals surface area contributed by atoms with Gasteiger partial charge in [-0.1, -0.05) is 0 Å². The van der Waals surface area contributed by atoms with E-state index in [-0.39, 0.29) is 30.7 Å². The Balaban J connectivity index is 0. The summed E-state index contributed by atoms with van der Waals surface area (Å²) in [5.41, 5.74) is 5.33. The minimum atomic E-state index is -0.719. The molecule has 1 saturated heterocycles. The van der Waals surface area contributed by atoms with E-state index >= 15 is 0 Å². The third-order valence-corrected chi connectivity index (χ3v) is 1.85. The van der Waals surface area contributed by atoms with Gasteiger partial charge in [0.15, 0.2) is 0 Å². The molecule has 0 aromatic heterocycles. The molecule has 0 saturated carbocycles. The molecule has 1 aliphatic rings. The molecule has 2 unspecified atom stereocenters. The SMILES string of the molecule is Cl.Cl.NCC1CCNCC1F. The maximum absolute atomic E-state index is 12.7. The molecule has 1 aliphatic heterocycles. The van der Waals surface area contributed by atoms with Crippen molar-refractivity contribution in [1.29, 1.82) is 0 Å². The van der Waals surface area contributed by atoms with E-state index in [4.69, 9.17) is 5.73 Å². The van der Waals surface area contributed by atoms with Gasteiger partial charge in [-0.05, 0) is 19.5 Å². The molecule has 0 bridgehead atoms. The number of nitrogens with one attached hydrogen (secondary N) is 1. The summed E-state index contributed by atoms with van der Waals surface area (Å²) in [6.45, 7) is 1.90. The third-order valence-electron chi connectivity index (χ3n) is 1.85. The first-order valence-electron chi connectivity index (χ1n) is 3.39. The summed E-state index contributed by atoms with van der Waals surface area (Å²) in [5, 5.41) is 2.97. The topological polar surface area (TPSA) is 38.0 Å². The minimum Gasteiger partial charge on any atom is -0.330 e. The van der Waals surface area contributed by atoms with Crippen molar-refractivity contribution < 1.29 is 4.39 Å². The van der Waals surface area contributed by atoms with Crippen LogP contribution in [0, 0.1) is 5.92 Å². The zero-order valence-electron chi connectivity index (χ0n) is 6.25. The lowest BCUT2D eigenvalue weighted by Gasteiger charge is -2.24. The fourth-order valence-electron chi connectivity index (χ4n) is 1.14. The van der Waals surface area contributed by atoms with E-state index in [1.165, 1.54) is 0 Å². The summed E-state index contributed by atoms with van der Waals surface area (Å²) in [4.78, 5) is 0. The van der Waals surface area contributed by atoms with Gasteiger partial charge >= 0.3 is 0 Å². The Morgan fingerprint density at radius 3 is 2.45 bits per heavy atom. The van der Waals surface area contributed by atoms with Crippen molar-refractivity contribution in [3.63, 3.8) is 0 Å². The van der Waals surface area contributed by atoms with Gasteiger partial charge in [-0.3, -0.25) is 0 Å². The molecule has 0 aromatic rings. The Bertz CT molecular complexity index is 94.7. The molecular weight excluding hydrogens is 190 g/mol. The molecule has 2 atom stereocenters. The summed E-state index contributed by atoms with van der Waals surface area (Å²) in [6.07, 6.45) is 0.168. The summed E-state index contributed by atoms with van der Waals surface area (Å²) in [6, 6.07) is 0. The van der Waals surface area contributed by atoms with Gasteiger partial charge in [0, 0.05) is 12.5 Å². The molecular formula is C6H15Cl2FN2. The van der Waals surface area contributed by atoms with E-state index in [2.05, 4.69) is 5.32 Å². The Hall–Kier alpha value is 0.430. The lowest BCUT2D eigenvalue weighted by atomic mass is 9.97. The molecule has 0 amide bonds. The molecule has 2 nitrogen and oxygen atoms in total. The van der Waals surface area contributed by atoms with Crippen LogP contribution in [0.5, 0.6) is 0 Å². The first kappa shape index (κ1) is 14.0. The molecule has 5 heteroatoms. The summed E-state index contributed by atoms with van der Waals surface area (Å²) in [5.74, 6) is 0.103. The Morgan fingerprint density at radius 2 is 2.09 bits per heavy atom. The van der Waals surface area contributed by atoms with Crippen LogP contribution in [0.3, 0.4) is 0 Å². The minimum absolute atomic E-state index is 0. The molecule has 0 radical (unpaired) electrons. The lowest BCUT2D eigenvalue weighted by Crippen LogP contribution is -2.41. The quantitative estimate of drug-likeness (QED) is 0.662. The van der Waals surface area contributed by atoms with Gasteiger partial charge in [-0.2, -0.15) is 0 Å². The highest BCUT2D eigenvalue weighted by Gasteiger charge is 2.22. The zero-order valence-corrected chi connectivity index (χ0v) is 7.89. The van der Waals surface area contributed by atoms with E-state index in [0.717, 1.165) is 13.0 Å². The molecule has 11 heavy (non-hydrogen) atoms. The molecule has 1 fully saturated rings. The van der Waals surface area contributed by atoms with Crippen LogP contribution in [-0.2, 0) is 0 Å². The number of rotatable bonds is 1. The lowest BCUT2D eigenvalue weighted by molar-refractivity contribution is 0.185. The Labute approximate surface area is 78.9 Å². The van der Waals surface area contributed by atoms with Gasteiger partial charge in [0.1, 0.15) is 6.17 Å². The fraction of sp³-hybridized carbons (Fsp3) is 1.00. The average molecular weight is 205 g/mol. The predicted octanol–water partition coefficient (Wildman–Crippen LogP) is 0.736. The Morgan fingerprint density at radius 1 is 1.45 bits per heavy atom. The number of alkyl halides is 1. The largest absolute Gasteiger partial charge is 0.330 e. The van der Waals surface area contributed by atoms with Gasteiger partial charge < -0.3 is 11.1 Å². The van der Waals surface area contributed by atoms with E-state index in [9.17, 15) is 4.39 Å². The number of halogens is 3. The second kappa shape index (κ2) is 7.10. The van der Waals surface area contributed by atoms with Crippen LogP contribution >= 0.6 is 24.8 Å². The summed E-state index contributed by atoms with van der Waals surface area (Å²) >= 11 is 0. The van der Waals surface area contributed by atoms with Crippen LogP contribution in [0.1, 0.15) is 6.42 Å². The van der Waals surface area contributed by atoms with E-state index in [1.54, 1.807) is 0 Å². The highest BCUT2D eigenvalue weighted by Crippen LogP contribution is 2.13. The van der Waals surface area contributed by atoms with Crippen molar-refractivity contribution >= 4 is 24.8 Å². The van der Waals surface area contributed by atoms with Crippen LogP contribution in [0.4, 0.5) is 4.39 Å². The van der Waals surface area contributed by atoms with Crippen molar-refractivity contribution in [2.45, 2.75) is 12.6 Å². The first-order chi connectivity index (χ1) is 4.34. The van der Waals surface area contributed by atoms with Crippen molar-refractivity contribution in [2.24, 2.45) is 11.7 Å². The zero-order chi connectivity index (χ0) is 6.69. The normalized spacial score (nSPS) is 30.0. The molecule has 70 valence electrons. The average Bonchev–Trinajstić information content (AvgIpc) is 1.89. The summed E-state index contributed by atoms with van der Waals surface area (Å²) in [7, 11) is 0. The van der Waals surface area contributed by atoms with Crippen LogP contribution in [-0.4, -0.2) is 25.8 Å². The number of hydrogen-bond acceptors (Lipinski definition) is 2. The third kappa shape index (κ3) is 4.11. The van der Waals surface area contributed by atoms with Crippen molar-refractivity contribution in [3.05, 3.63) is 0 Å². The molecule has 1 heterocycles. The van der Waals surface area contributed by atoms with Gasteiger partial charge in [-0.25, -0.2) is 4.39 Å². The maximum atomic E-state index is 12.7. The highest BCUT2D eigenvalue weighted by atomic mass is 35.5. The highest BCUT2D eigenvalue weighted by molar-refractivity contribution is 5.85. The van der Waals surface area contributed by atoms with Crippen molar-refractivity contribution in [3.8, 4) is 0 Å². The smallest absolute Gasteiger partial charge is 0.117 e. The van der Waals surface area contributed by atoms with E-state index < -0.39 is 6.17 Å². The second-order valence-electron chi connectivity index (χ2n) is 2.50. The van der Waals surface area contributed by atoms with Gasteiger partial charge in [0.2, 0.25) is 0 Å². The number of hydrogen-bond donors (Lipinski definition) is 2. The number of piperidine rings is 1. The van der Waals surface area contributed by atoms with Gasteiger partial charge in [-0.15, -0.1) is 24.8 Å². The standard InChI is InChI=1S/C6H13FN2.2ClH/c7-6-4-9-2-1-5(6)3-8;;/h5-6,9H,1-4,8H2;2*1H. The molecule has 0 aliphatic carbocycles. The van der Waals surface area contributed by atoms with Crippen LogP contribution in [0.25, 0.3) is 0 Å². The molecule has 0 aromatic carbocycles. The number of nitrogens with two attached hydrogens (primary N) is 1. The van der Waals surface area contributed by atoms with E-state index in [1.807, 2.05) is 0 Å². The van der Waals surface area contributed by atoms with Crippen LogP contribution in [0.15, 0.2) is 0 Å². The predicted molar refractivity (Wildman–Crippen MR) is 49.4 cm³/mol. The van der Waals surface area contributed by atoms with Crippen molar-refractivity contribution in [1.82, 2.24) is 5.32 Å². The van der Waals surface area contributed by atoms with Crippen LogP contribution in [0.2, 0.25) is 0 Å². The first-order valence-corrected chi connectivity index (χ1v) is 3.39. The van der Waals surface area contributed by atoms with E-state index in [0.29, 0.717) is 13.1 Å². The Kier molecular flexibility index (Phi) is 9.02. The second-order valence-corrected chi connectivity index (χ2v) is 2.50. The molecule has 0 spiro atoms. The fourth-order valence-corrected chi connectivity index (χ4v) is 1.14. The summed E-state index contributed by atoms with van der Waals surface area (Å²) < 4.78 is 12.7.